The molecule has 2 saturated heterocycles. The second-order valence-corrected chi connectivity index (χ2v) is 16.3. The number of carbonyl (C=O) groups excluding carboxylic acids is 1. The first kappa shape index (κ1) is 37.5. The minimum absolute atomic E-state index is 0.0215. The SMILES string of the molecule is C[C@H]1O[C@H](O[C@@H]2CC[C@@]3(C=O)[C@@H]4CC[C@@]5(C)[C@H](c6ccc(=O)oc6)CC[C@@]5(O)[C@H]4CC[C@@]3(O)C2)[C@@H](O)[C@@H](O)[C@@H]1O[C@H]1O[C@@H](CO)[C@H](O)[C@@H](O)[C@@H]1O. The van der Waals surface area contributed by atoms with E-state index < -0.39 is 102 Å². The van der Waals surface area contributed by atoms with Crippen LogP contribution in [0, 0.1) is 22.7 Å². The van der Waals surface area contributed by atoms with Crippen LogP contribution in [0.4, 0.5) is 0 Å². The number of aliphatic hydroxyl groups excluding tert-OH is 6. The molecule has 1 aromatic heterocycles. The van der Waals surface area contributed by atoms with Gasteiger partial charge in [0, 0.05) is 17.9 Å². The molecular weight excluding hydrogens is 672 g/mol. The molecule has 1 aromatic rings. The van der Waals surface area contributed by atoms with Gasteiger partial charge in [0.15, 0.2) is 12.6 Å². The lowest BCUT2D eigenvalue weighted by atomic mass is 9.41. The maximum atomic E-state index is 13.2. The Morgan fingerprint density at radius 3 is 2.24 bits per heavy atom. The Morgan fingerprint density at radius 2 is 1.55 bits per heavy atom. The Hall–Kier alpha value is -1.86. The molecule has 286 valence electrons. The molecule has 15 heteroatoms. The minimum atomic E-state index is -1.72. The largest absolute Gasteiger partial charge is 0.431 e. The van der Waals surface area contributed by atoms with Gasteiger partial charge in [-0.2, -0.15) is 0 Å². The molecule has 0 aromatic carbocycles. The van der Waals surface area contributed by atoms with Gasteiger partial charge in [-0.1, -0.05) is 6.92 Å². The second kappa shape index (κ2) is 13.5. The maximum Gasteiger partial charge on any atom is 0.335 e. The monoisotopic (exact) mass is 724 g/mol. The van der Waals surface area contributed by atoms with Crippen LogP contribution in [-0.4, -0.2) is 132 Å². The van der Waals surface area contributed by atoms with Crippen LogP contribution in [0.1, 0.15) is 83.1 Å². The summed E-state index contributed by atoms with van der Waals surface area (Å²) in [6, 6.07) is 3.17. The average molecular weight is 725 g/mol. The van der Waals surface area contributed by atoms with E-state index in [-0.39, 0.29) is 30.6 Å². The Morgan fingerprint density at radius 1 is 0.843 bits per heavy atom. The van der Waals surface area contributed by atoms with Crippen molar-refractivity contribution in [2.24, 2.45) is 22.7 Å². The Bertz CT molecular complexity index is 1470. The number of fused-ring (bicyclic) bond motifs is 5. The number of rotatable bonds is 7. The van der Waals surface area contributed by atoms with Gasteiger partial charge in [0.2, 0.25) is 0 Å². The third-order valence-corrected chi connectivity index (χ3v) is 14.1. The van der Waals surface area contributed by atoms with Crippen molar-refractivity contribution in [1.82, 2.24) is 0 Å². The minimum Gasteiger partial charge on any atom is -0.431 e. The predicted octanol–water partition coefficient (Wildman–Crippen LogP) is -0.788. The number of ether oxygens (including phenoxy) is 4. The fraction of sp³-hybridized carbons (Fsp3) is 0.833. The highest BCUT2D eigenvalue weighted by Crippen LogP contribution is 2.71. The average Bonchev–Trinajstić information content (AvgIpc) is 3.39. The molecule has 4 saturated carbocycles. The zero-order chi connectivity index (χ0) is 36.7. The summed E-state index contributed by atoms with van der Waals surface area (Å²) in [6.07, 6.45) is -8.77. The predicted molar refractivity (Wildman–Crippen MR) is 173 cm³/mol. The van der Waals surface area contributed by atoms with Gasteiger partial charge in [-0.3, -0.25) is 0 Å². The molecule has 0 spiro atoms. The summed E-state index contributed by atoms with van der Waals surface area (Å²) in [7, 11) is 0. The number of carbonyl (C=O) groups is 1. The van der Waals surface area contributed by atoms with Crippen molar-refractivity contribution < 1.29 is 69.0 Å². The van der Waals surface area contributed by atoms with Crippen LogP contribution in [0.3, 0.4) is 0 Å². The maximum absolute atomic E-state index is 13.2. The van der Waals surface area contributed by atoms with Crippen LogP contribution >= 0.6 is 0 Å². The van der Waals surface area contributed by atoms with Crippen molar-refractivity contribution in [3.8, 4) is 0 Å². The van der Waals surface area contributed by atoms with E-state index in [9.17, 15) is 50.4 Å². The standard InChI is InChI=1S/C36H52O15/c1-17-30(51-32-28(43)26(41)25(40)23(14-37)50-32)27(42)29(44)31(48-17)49-19-5-10-34(16-38)21-6-9-33(2)20(18-3-4-24(39)47-15-18)8-12-36(33,46)22(21)7-11-35(34,45)13-19/h3-4,15-17,19-23,25-32,37,40-46H,5-14H2,1-2H3/t17-,19-,20+,21-,22+,23+,25+,26-,27-,28+,29+,30-,31-,32-,33+,34-,35-,36-/m1/s1. The van der Waals surface area contributed by atoms with E-state index in [2.05, 4.69) is 6.92 Å². The highest BCUT2D eigenvalue weighted by Gasteiger charge is 2.71. The third-order valence-electron chi connectivity index (χ3n) is 14.1. The zero-order valence-corrected chi connectivity index (χ0v) is 28.9. The molecule has 2 aliphatic heterocycles. The topological polar surface area (TPSA) is 246 Å². The lowest BCUT2D eigenvalue weighted by molar-refractivity contribution is -0.361. The lowest BCUT2D eigenvalue weighted by Gasteiger charge is -2.65. The van der Waals surface area contributed by atoms with Gasteiger partial charge in [-0.15, -0.1) is 0 Å². The molecule has 15 nitrogen and oxygen atoms in total. The quantitative estimate of drug-likeness (QED) is 0.127. The lowest BCUT2D eigenvalue weighted by Crippen LogP contribution is -2.69. The molecule has 0 bridgehead atoms. The summed E-state index contributed by atoms with van der Waals surface area (Å²) >= 11 is 0. The van der Waals surface area contributed by atoms with Gasteiger partial charge in [-0.25, -0.2) is 4.79 Å². The molecule has 0 radical (unpaired) electrons. The third kappa shape index (κ3) is 5.70. The molecule has 3 heterocycles. The molecule has 6 fully saturated rings. The van der Waals surface area contributed by atoms with Crippen molar-refractivity contribution in [1.29, 1.82) is 0 Å². The Balaban J connectivity index is 1.03. The van der Waals surface area contributed by atoms with E-state index in [4.69, 9.17) is 23.4 Å². The van der Waals surface area contributed by atoms with Crippen LogP contribution in [0.25, 0.3) is 0 Å². The molecular formula is C36H52O15. The normalized spacial score (nSPS) is 52.7. The van der Waals surface area contributed by atoms with Crippen molar-refractivity contribution >= 4 is 6.29 Å². The summed E-state index contributed by atoms with van der Waals surface area (Å²) in [5.41, 5.74) is -3.71. The van der Waals surface area contributed by atoms with Gasteiger partial charge in [0.05, 0.1) is 41.7 Å². The Labute approximate surface area is 295 Å². The van der Waals surface area contributed by atoms with Gasteiger partial charge < -0.3 is 69.0 Å². The number of aliphatic hydroxyl groups is 8. The molecule has 8 N–H and O–H groups in total. The van der Waals surface area contributed by atoms with Gasteiger partial charge >= 0.3 is 5.63 Å². The fourth-order valence-corrected chi connectivity index (χ4v) is 11.2. The van der Waals surface area contributed by atoms with Crippen LogP contribution in [0.15, 0.2) is 27.6 Å². The first-order valence-electron chi connectivity index (χ1n) is 18.3. The Kier molecular flexibility index (Phi) is 9.89. The van der Waals surface area contributed by atoms with E-state index in [1.54, 1.807) is 13.0 Å². The molecule has 7 rings (SSSR count). The molecule has 0 amide bonds. The number of hydrogen-bond acceptors (Lipinski definition) is 15. The second-order valence-electron chi connectivity index (χ2n) is 16.3. The van der Waals surface area contributed by atoms with E-state index >= 15 is 0 Å². The van der Waals surface area contributed by atoms with E-state index in [0.717, 1.165) is 11.8 Å². The van der Waals surface area contributed by atoms with Crippen molar-refractivity contribution in [3.05, 3.63) is 34.4 Å². The van der Waals surface area contributed by atoms with E-state index in [0.29, 0.717) is 44.9 Å². The summed E-state index contributed by atoms with van der Waals surface area (Å²) < 4.78 is 28.4. The highest BCUT2D eigenvalue weighted by atomic mass is 16.7. The van der Waals surface area contributed by atoms with E-state index in [1.165, 1.54) is 12.3 Å². The fourth-order valence-electron chi connectivity index (χ4n) is 11.2. The number of hydrogen-bond donors (Lipinski definition) is 8. The van der Waals surface area contributed by atoms with Crippen molar-refractivity contribution in [3.63, 3.8) is 0 Å². The summed E-state index contributed by atoms with van der Waals surface area (Å²) in [5, 5.41) is 87.1. The molecule has 0 unspecified atom stereocenters. The molecule has 4 aliphatic carbocycles. The summed E-state index contributed by atoms with van der Waals surface area (Å²) in [4.78, 5) is 24.8. The molecule has 6 aliphatic rings. The zero-order valence-electron chi connectivity index (χ0n) is 28.9. The van der Waals surface area contributed by atoms with Crippen LogP contribution in [0.5, 0.6) is 0 Å². The van der Waals surface area contributed by atoms with Crippen LogP contribution < -0.4 is 5.63 Å². The van der Waals surface area contributed by atoms with E-state index in [1.807, 2.05) is 0 Å². The molecule has 51 heavy (non-hydrogen) atoms. The van der Waals surface area contributed by atoms with Crippen LogP contribution in [0.2, 0.25) is 0 Å². The van der Waals surface area contributed by atoms with Gasteiger partial charge in [0.1, 0.15) is 49.0 Å². The van der Waals surface area contributed by atoms with Crippen molar-refractivity contribution in [2.75, 3.05) is 6.61 Å². The number of aldehydes is 1. The first-order valence-corrected chi connectivity index (χ1v) is 18.3. The van der Waals surface area contributed by atoms with Crippen molar-refractivity contribution in [2.45, 2.75) is 156 Å². The van der Waals surface area contributed by atoms with Gasteiger partial charge in [0.25, 0.3) is 0 Å². The smallest absolute Gasteiger partial charge is 0.335 e. The van der Waals surface area contributed by atoms with Crippen LogP contribution in [-0.2, 0) is 23.7 Å². The van der Waals surface area contributed by atoms with Gasteiger partial charge in [-0.05, 0) is 87.7 Å². The molecule has 18 atom stereocenters. The first-order chi connectivity index (χ1) is 24.1. The highest BCUT2D eigenvalue weighted by molar-refractivity contribution is 5.64. The summed E-state index contributed by atoms with van der Waals surface area (Å²) in [5.74, 6) is -0.509. The summed E-state index contributed by atoms with van der Waals surface area (Å²) in [6.45, 7) is 2.98.